The fraction of sp³-hybridized carbons (Fsp3) is 0.0625. The molecule has 0 saturated carbocycles. The largest absolute Gasteiger partial charge is 0.322 e. The van der Waals surface area contributed by atoms with E-state index in [1.807, 2.05) is 0 Å². The summed E-state index contributed by atoms with van der Waals surface area (Å²) in [5.41, 5.74) is 6.90. The Morgan fingerprint density at radius 2 is 1.95 bits per heavy atom. The number of carbonyl (C=O) groups excluding carboxylic acids is 1. The molecule has 0 aromatic heterocycles. The summed E-state index contributed by atoms with van der Waals surface area (Å²) < 4.78 is 12.9. The highest BCUT2D eigenvalue weighted by Gasteiger charge is 2.11. The molecule has 106 valence electrons. The van der Waals surface area contributed by atoms with Crippen LogP contribution in [-0.4, -0.2) is 12.5 Å². The summed E-state index contributed by atoms with van der Waals surface area (Å²) in [6, 6.07) is 10.6. The highest BCUT2D eigenvalue weighted by molar-refractivity contribution is 6.34. The molecule has 2 aromatic rings. The van der Waals surface area contributed by atoms with E-state index >= 15 is 0 Å². The van der Waals surface area contributed by atoms with Gasteiger partial charge in [-0.2, -0.15) is 0 Å². The summed E-state index contributed by atoms with van der Waals surface area (Å²) in [5.74, 6) is 4.73. The van der Waals surface area contributed by atoms with Crippen LogP contribution < -0.4 is 11.1 Å². The highest BCUT2D eigenvalue weighted by atomic mass is 35.5. The molecular formula is C16H12ClFN2O. The molecule has 0 atom stereocenters. The Kier molecular flexibility index (Phi) is 4.94. The van der Waals surface area contributed by atoms with Gasteiger partial charge in [-0.3, -0.25) is 4.79 Å². The van der Waals surface area contributed by atoms with Gasteiger partial charge in [-0.05, 0) is 42.5 Å². The first-order valence-electron chi connectivity index (χ1n) is 6.15. The number of nitrogens with two attached hydrogens (primary N) is 1. The molecule has 0 spiro atoms. The van der Waals surface area contributed by atoms with Crippen molar-refractivity contribution in [1.29, 1.82) is 0 Å². The summed E-state index contributed by atoms with van der Waals surface area (Å²) in [7, 11) is 0. The highest BCUT2D eigenvalue weighted by Crippen LogP contribution is 2.19. The second kappa shape index (κ2) is 6.89. The number of benzene rings is 2. The fourth-order valence-corrected chi connectivity index (χ4v) is 1.92. The van der Waals surface area contributed by atoms with Gasteiger partial charge in [-0.15, -0.1) is 0 Å². The molecule has 2 rings (SSSR count). The van der Waals surface area contributed by atoms with Gasteiger partial charge in [0.25, 0.3) is 5.91 Å². The lowest BCUT2D eigenvalue weighted by atomic mass is 10.2. The molecule has 0 fully saturated rings. The minimum Gasteiger partial charge on any atom is -0.322 e. The lowest BCUT2D eigenvalue weighted by molar-refractivity contribution is 0.102. The normalized spacial score (nSPS) is 9.67. The van der Waals surface area contributed by atoms with Crippen LogP contribution >= 0.6 is 11.6 Å². The van der Waals surface area contributed by atoms with Gasteiger partial charge in [0.2, 0.25) is 0 Å². The van der Waals surface area contributed by atoms with Gasteiger partial charge in [-0.1, -0.05) is 23.4 Å². The molecule has 0 radical (unpaired) electrons. The van der Waals surface area contributed by atoms with Crippen molar-refractivity contribution < 1.29 is 9.18 Å². The number of hydrogen-bond donors (Lipinski definition) is 2. The molecular weight excluding hydrogens is 291 g/mol. The molecule has 5 heteroatoms. The van der Waals surface area contributed by atoms with Crippen molar-refractivity contribution >= 4 is 23.2 Å². The predicted octanol–water partition coefficient (Wildman–Crippen LogP) is 3.04. The third kappa shape index (κ3) is 4.06. The van der Waals surface area contributed by atoms with E-state index < -0.39 is 11.7 Å². The van der Waals surface area contributed by atoms with E-state index in [-0.39, 0.29) is 10.6 Å². The zero-order chi connectivity index (χ0) is 15.2. The van der Waals surface area contributed by atoms with Crippen LogP contribution in [0.5, 0.6) is 0 Å². The van der Waals surface area contributed by atoms with Crippen LogP contribution in [0.3, 0.4) is 0 Å². The lowest BCUT2D eigenvalue weighted by Gasteiger charge is -2.07. The molecule has 1 amide bonds. The summed E-state index contributed by atoms with van der Waals surface area (Å²) in [5, 5.41) is 2.75. The number of amides is 1. The van der Waals surface area contributed by atoms with E-state index in [1.54, 1.807) is 24.3 Å². The van der Waals surface area contributed by atoms with E-state index in [1.165, 1.54) is 12.1 Å². The van der Waals surface area contributed by atoms with Crippen molar-refractivity contribution in [2.45, 2.75) is 0 Å². The SMILES string of the molecule is NCC#Cc1ccc(NC(=O)c2ccc(F)cc2Cl)cc1. The van der Waals surface area contributed by atoms with Gasteiger partial charge in [0.15, 0.2) is 0 Å². The Hall–Kier alpha value is -2.35. The molecule has 0 aliphatic heterocycles. The standard InChI is InChI=1S/C16H12ClFN2O/c17-15-10-12(18)5-8-14(15)16(21)20-13-6-3-11(4-7-13)2-1-9-19/h3-8,10H,9,19H2,(H,20,21). The Bertz CT molecular complexity index is 717. The van der Waals surface area contributed by atoms with Gasteiger partial charge in [0.1, 0.15) is 5.82 Å². The predicted molar refractivity (Wildman–Crippen MR) is 81.7 cm³/mol. The molecule has 0 saturated heterocycles. The maximum atomic E-state index is 12.9. The maximum absolute atomic E-state index is 12.9. The zero-order valence-electron chi connectivity index (χ0n) is 11.0. The number of nitrogens with one attached hydrogen (secondary N) is 1. The molecule has 21 heavy (non-hydrogen) atoms. The average molecular weight is 303 g/mol. The van der Waals surface area contributed by atoms with Crippen LogP contribution in [0.25, 0.3) is 0 Å². The molecule has 0 aliphatic carbocycles. The minimum absolute atomic E-state index is 0.0675. The van der Waals surface area contributed by atoms with Crippen molar-refractivity contribution in [3.8, 4) is 11.8 Å². The van der Waals surface area contributed by atoms with E-state index in [4.69, 9.17) is 17.3 Å². The van der Waals surface area contributed by atoms with Crippen LogP contribution in [0.4, 0.5) is 10.1 Å². The fourth-order valence-electron chi connectivity index (χ4n) is 1.66. The maximum Gasteiger partial charge on any atom is 0.257 e. The van der Waals surface area contributed by atoms with E-state index in [2.05, 4.69) is 17.2 Å². The molecule has 0 aliphatic rings. The number of anilines is 1. The monoisotopic (exact) mass is 302 g/mol. The van der Waals surface area contributed by atoms with Gasteiger partial charge >= 0.3 is 0 Å². The van der Waals surface area contributed by atoms with Gasteiger partial charge in [0.05, 0.1) is 17.1 Å². The second-order valence-electron chi connectivity index (χ2n) is 4.16. The first kappa shape index (κ1) is 15.0. The summed E-state index contributed by atoms with van der Waals surface area (Å²) >= 11 is 5.84. The van der Waals surface area contributed by atoms with E-state index in [9.17, 15) is 9.18 Å². The van der Waals surface area contributed by atoms with Gasteiger partial charge in [-0.25, -0.2) is 4.39 Å². The third-order valence-electron chi connectivity index (χ3n) is 2.65. The van der Waals surface area contributed by atoms with Crippen LogP contribution in [0, 0.1) is 17.7 Å². The van der Waals surface area contributed by atoms with Crippen LogP contribution in [0.15, 0.2) is 42.5 Å². The van der Waals surface area contributed by atoms with E-state index in [0.29, 0.717) is 12.2 Å². The topological polar surface area (TPSA) is 55.1 Å². The smallest absolute Gasteiger partial charge is 0.257 e. The number of halogens is 2. The Labute approximate surface area is 126 Å². The molecule has 0 heterocycles. The zero-order valence-corrected chi connectivity index (χ0v) is 11.7. The number of hydrogen-bond acceptors (Lipinski definition) is 2. The summed E-state index contributed by atoms with van der Waals surface area (Å²) in [6.07, 6.45) is 0. The number of carbonyl (C=O) groups is 1. The Morgan fingerprint density at radius 3 is 2.57 bits per heavy atom. The third-order valence-corrected chi connectivity index (χ3v) is 2.97. The minimum atomic E-state index is -0.487. The number of rotatable bonds is 2. The lowest BCUT2D eigenvalue weighted by Crippen LogP contribution is -2.12. The van der Waals surface area contributed by atoms with Gasteiger partial charge < -0.3 is 11.1 Å². The van der Waals surface area contributed by atoms with Gasteiger partial charge in [0, 0.05) is 11.3 Å². The van der Waals surface area contributed by atoms with Crippen molar-refractivity contribution in [3.63, 3.8) is 0 Å². The molecule has 0 bridgehead atoms. The first-order valence-corrected chi connectivity index (χ1v) is 6.53. The Balaban J connectivity index is 2.12. The van der Waals surface area contributed by atoms with E-state index in [0.717, 1.165) is 11.6 Å². The van der Waals surface area contributed by atoms with Crippen molar-refractivity contribution in [2.75, 3.05) is 11.9 Å². The second-order valence-corrected chi connectivity index (χ2v) is 4.57. The van der Waals surface area contributed by atoms with Crippen LogP contribution in [0.1, 0.15) is 15.9 Å². The molecule has 2 aromatic carbocycles. The Morgan fingerprint density at radius 1 is 1.24 bits per heavy atom. The van der Waals surface area contributed by atoms with Crippen molar-refractivity contribution in [3.05, 3.63) is 64.4 Å². The summed E-state index contributed by atoms with van der Waals surface area (Å²) in [6.45, 7) is 0.293. The van der Waals surface area contributed by atoms with Crippen LogP contribution in [0.2, 0.25) is 5.02 Å². The van der Waals surface area contributed by atoms with Crippen molar-refractivity contribution in [1.82, 2.24) is 0 Å². The molecule has 0 unspecified atom stereocenters. The summed E-state index contributed by atoms with van der Waals surface area (Å²) in [4.78, 5) is 12.0. The molecule has 3 nitrogen and oxygen atoms in total. The average Bonchev–Trinajstić information content (AvgIpc) is 2.46. The quantitative estimate of drug-likeness (QED) is 0.838. The first-order chi connectivity index (χ1) is 10.1. The van der Waals surface area contributed by atoms with Crippen LogP contribution in [-0.2, 0) is 0 Å². The molecule has 3 N–H and O–H groups in total. The van der Waals surface area contributed by atoms with Crippen molar-refractivity contribution in [2.24, 2.45) is 5.73 Å².